The van der Waals surface area contributed by atoms with Gasteiger partial charge in [-0.05, 0) is 127 Å². The van der Waals surface area contributed by atoms with Crippen LogP contribution in [0.4, 0.5) is 17.1 Å². The maximum absolute atomic E-state index is 2.52. The third-order valence-corrected chi connectivity index (χ3v) is 15.7. The van der Waals surface area contributed by atoms with Crippen LogP contribution < -0.4 is 4.90 Å². The molecule has 0 bridgehead atoms. The topological polar surface area (TPSA) is 3.24 Å². The quantitative estimate of drug-likeness (QED) is 0.154. The fourth-order valence-electron chi connectivity index (χ4n) is 11.5. The van der Waals surface area contributed by atoms with Gasteiger partial charge in [-0.3, -0.25) is 0 Å². The van der Waals surface area contributed by atoms with Crippen molar-refractivity contribution in [2.45, 2.75) is 24.7 Å². The molecule has 312 valence electrons. The molecule has 2 aliphatic rings. The maximum atomic E-state index is 2.52. The molecule has 2 aliphatic carbocycles. The van der Waals surface area contributed by atoms with Crippen molar-refractivity contribution in [1.82, 2.24) is 0 Å². The zero-order chi connectivity index (χ0) is 44.0. The van der Waals surface area contributed by atoms with Crippen molar-refractivity contribution < 1.29 is 0 Å². The minimum absolute atomic E-state index is 0.148. The summed E-state index contributed by atoms with van der Waals surface area (Å²) in [6.07, 6.45) is 0. The standard InChI is InChI=1S/C64H45NS/c1-63(2)55-25-14-12-23-50(55)51-36-35-49(41-58(51)63)65(48-33-29-43(30-34-48)45-32-38-61-54(40-45)53-39-44(31-37-60(53)66-61)42-17-6-3-7-18-42)59-28-16-27-57-62(59)52-24-13-15-26-56(52)64(57,46-19-8-4-9-20-46)47-21-10-5-11-22-47/h3-41H,1-2H3. The molecule has 11 aromatic rings. The number of hydrogen-bond donors (Lipinski definition) is 0. The van der Waals surface area contributed by atoms with Crippen molar-refractivity contribution in [3.05, 3.63) is 270 Å². The number of rotatable bonds is 7. The zero-order valence-corrected chi connectivity index (χ0v) is 37.7. The maximum Gasteiger partial charge on any atom is 0.0714 e. The van der Waals surface area contributed by atoms with Crippen molar-refractivity contribution in [3.63, 3.8) is 0 Å². The molecule has 0 saturated carbocycles. The highest BCUT2D eigenvalue weighted by Gasteiger charge is 2.47. The van der Waals surface area contributed by atoms with Crippen molar-refractivity contribution in [2.75, 3.05) is 4.90 Å². The van der Waals surface area contributed by atoms with Crippen LogP contribution in [0.5, 0.6) is 0 Å². The van der Waals surface area contributed by atoms with E-state index in [4.69, 9.17) is 0 Å². The molecule has 10 aromatic carbocycles. The molecule has 0 amide bonds. The number of thiophene rings is 1. The SMILES string of the molecule is CC1(C)c2ccccc2-c2ccc(N(c3ccc(-c4ccc5sc6ccc(-c7ccccc7)cc6c5c4)cc3)c3cccc4c3-c3ccccc3C4(c3ccccc3)c3ccccc3)cc21. The van der Waals surface area contributed by atoms with Crippen LogP contribution >= 0.6 is 11.3 Å². The Morgan fingerprint density at radius 3 is 1.50 bits per heavy atom. The van der Waals surface area contributed by atoms with Crippen LogP contribution in [0, 0.1) is 0 Å². The van der Waals surface area contributed by atoms with Gasteiger partial charge in [0, 0.05) is 42.5 Å². The van der Waals surface area contributed by atoms with E-state index < -0.39 is 5.41 Å². The number of hydrogen-bond acceptors (Lipinski definition) is 2. The first kappa shape index (κ1) is 38.7. The normalized spacial score (nSPS) is 13.8. The van der Waals surface area contributed by atoms with E-state index in [1.165, 1.54) is 98.1 Å². The molecular weight excluding hydrogens is 815 g/mol. The molecule has 0 atom stereocenters. The molecule has 0 N–H and O–H groups in total. The summed E-state index contributed by atoms with van der Waals surface area (Å²) in [6, 6.07) is 88.3. The highest BCUT2D eigenvalue weighted by molar-refractivity contribution is 7.25. The Hall–Kier alpha value is -7.78. The van der Waals surface area contributed by atoms with E-state index in [0.717, 1.165) is 17.1 Å². The number of nitrogens with zero attached hydrogens (tertiary/aromatic N) is 1. The monoisotopic (exact) mass is 859 g/mol. The Balaban J connectivity index is 1.00. The van der Waals surface area contributed by atoms with Gasteiger partial charge in [-0.15, -0.1) is 11.3 Å². The predicted octanol–water partition coefficient (Wildman–Crippen LogP) is 17.5. The fraction of sp³-hybridized carbons (Fsp3) is 0.0625. The van der Waals surface area contributed by atoms with Crippen LogP contribution in [0.25, 0.3) is 64.7 Å². The molecular formula is C64H45NS. The highest BCUT2D eigenvalue weighted by atomic mass is 32.1. The number of benzene rings is 10. The third kappa shape index (κ3) is 5.71. The molecule has 66 heavy (non-hydrogen) atoms. The summed E-state index contributed by atoms with van der Waals surface area (Å²) in [7, 11) is 0. The molecule has 2 heteroatoms. The molecule has 0 fully saturated rings. The Labute approximate surface area is 390 Å². The second kappa shape index (κ2) is 14.9. The first-order valence-electron chi connectivity index (χ1n) is 23.0. The Kier molecular flexibility index (Phi) is 8.72. The molecule has 0 saturated heterocycles. The van der Waals surface area contributed by atoms with Crippen LogP contribution in [0.15, 0.2) is 237 Å². The van der Waals surface area contributed by atoms with Crippen molar-refractivity contribution >= 4 is 48.6 Å². The summed E-state index contributed by atoms with van der Waals surface area (Å²) in [4.78, 5) is 2.52. The Bertz CT molecular complexity index is 3620. The summed E-state index contributed by atoms with van der Waals surface area (Å²) >= 11 is 1.87. The van der Waals surface area contributed by atoms with E-state index in [9.17, 15) is 0 Å². The molecule has 0 aliphatic heterocycles. The summed E-state index contributed by atoms with van der Waals surface area (Å²) in [5.41, 5.74) is 20.7. The number of anilines is 3. The highest BCUT2D eigenvalue weighted by Crippen LogP contribution is 2.60. The van der Waals surface area contributed by atoms with Crippen LogP contribution in [-0.2, 0) is 10.8 Å². The van der Waals surface area contributed by atoms with E-state index in [2.05, 4.69) is 255 Å². The molecule has 13 rings (SSSR count). The van der Waals surface area contributed by atoms with E-state index in [-0.39, 0.29) is 5.41 Å². The largest absolute Gasteiger partial charge is 0.310 e. The predicted molar refractivity (Wildman–Crippen MR) is 280 cm³/mol. The lowest BCUT2D eigenvalue weighted by molar-refractivity contribution is 0.660. The van der Waals surface area contributed by atoms with Gasteiger partial charge in [0.2, 0.25) is 0 Å². The fourth-order valence-corrected chi connectivity index (χ4v) is 12.6. The minimum Gasteiger partial charge on any atom is -0.310 e. The van der Waals surface area contributed by atoms with Gasteiger partial charge in [0.15, 0.2) is 0 Å². The lowest BCUT2D eigenvalue weighted by Crippen LogP contribution is -2.28. The molecule has 1 nitrogen and oxygen atoms in total. The van der Waals surface area contributed by atoms with E-state index in [1.54, 1.807) is 0 Å². The smallest absolute Gasteiger partial charge is 0.0714 e. The van der Waals surface area contributed by atoms with Gasteiger partial charge in [0.05, 0.1) is 11.1 Å². The van der Waals surface area contributed by atoms with Crippen molar-refractivity contribution in [2.24, 2.45) is 0 Å². The van der Waals surface area contributed by atoms with Gasteiger partial charge in [-0.25, -0.2) is 0 Å². The lowest BCUT2D eigenvalue weighted by Gasteiger charge is -2.34. The zero-order valence-electron chi connectivity index (χ0n) is 36.9. The first-order chi connectivity index (χ1) is 32.5. The van der Waals surface area contributed by atoms with E-state index in [1.807, 2.05) is 11.3 Å². The Morgan fingerprint density at radius 1 is 0.348 bits per heavy atom. The second-order valence-corrected chi connectivity index (χ2v) is 19.5. The van der Waals surface area contributed by atoms with Gasteiger partial charge in [-0.1, -0.05) is 196 Å². The van der Waals surface area contributed by atoms with E-state index >= 15 is 0 Å². The Morgan fingerprint density at radius 2 is 0.848 bits per heavy atom. The molecule has 0 unspecified atom stereocenters. The molecule has 0 radical (unpaired) electrons. The van der Waals surface area contributed by atoms with Crippen molar-refractivity contribution in [1.29, 1.82) is 0 Å². The summed E-state index contributed by atoms with van der Waals surface area (Å²) < 4.78 is 2.62. The average Bonchev–Trinajstić information content (AvgIpc) is 3.98. The van der Waals surface area contributed by atoms with Gasteiger partial charge >= 0.3 is 0 Å². The minimum atomic E-state index is -0.506. The van der Waals surface area contributed by atoms with Crippen LogP contribution in [0.3, 0.4) is 0 Å². The van der Waals surface area contributed by atoms with Crippen LogP contribution in [0.1, 0.15) is 47.2 Å². The summed E-state index contributed by atoms with van der Waals surface area (Å²) in [6.45, 7) is 4.75. The van der Waals surface area contributed by atoms with Gasteiger partial charge in [-0.2, -0.15) is 0 Å². The van der Waals surface area contributed by atoms with Crippen molar-refractivity contribution in [3.8, 4) is 44.5 Å². The average molecular weight is 860 g/mol. The molecule has 1 heterocycles. The molecule has 0 spiro atoms. The van der Waals surface area contributed by atoms with Gasteiger partial charge in [0.1, 0.15) is 0 Å². The third-order valence-electron chi connectivity index (χ3n) is 14.6. The first-order valence-corrected chi connectivity index (χ1v) is 23.8. The van der Waals surface area contributed by atoms with Crippen LogP contribution in [0.2, 0.25) is 0 Å². The second-order valence-electron chi connectivity index (χ2n) is 18.4. The number of fused-ring (bicyclic) bond motifs is 9. The van der Waals surface area contributed by atoms with E-state index in [0.29, 0.717) is 0 Å². The summed E-state index contributed by atoms with van der Waals surface area (Å²) in [5, 5.41) is 2.61. The van der Waals surface area contributed by atoms with Crippen LogP contribution in [-0.4, -0.2) is 0 Å². The lowest BCUT2D eigenvalue weighted by atomic mass is 9.68. The summed E-state index contributed by atoms with van der Waals surface area (Å²) in [5.74, 6) is 0. The molecule has 1 aromatic heterocycles. The van der Waals surface area contributed by atoms with Gasteiger partial charge in [0.25, 0.3) is 0 Å². The van der Waals surface area contributed by atoms with Gasteiger partial charge < -0.3 is 4.90 Å².